The van der Waals surface area contributed by atoms with Gasteiger partial charge in [-0.1, -0.05) is 43.6 Å². The highest BCUT2D eigenvalue weighted by atomic mass is 35.5. The van der Waals surface area contributed by atoms with Gasteiger partial charge < -0.3 is 10.1 Å². The number of para-hydroxylation sites is 1. The Morgan fingerprint density at radius 2 is 1.72 bits per heavy atom. The number of amides is 1. The number of carbonyl (C=O) groups is 1. The summed E-state index contributed by atoms with van der Waals surface area (Å²) in [6.07, 6.45) is 1.07. The number of carbonyl (C=O) groups excluding carboxylic acids is 1. The molecule has 2 aromatic rings. The number of sulfonamides is 1. The lowest BCUT2D eigenvalue weighted by molar-refractivity contribution is -0.121. The molecule has 0 radical (unpaired) electrons. The molecule has 2 rings (SSSR count). The van der Waals surface area contributed by atoms with Crippen LogP contribution in [0, 0.1) is 0 Å². The van der Waals surface area contributed by atoms with Crippen LogP contribution in [0.15, 0.2) is 48.5 Å². The van der Waals surface area contributed by atoms with E-state index in [9.17, 15) is 13.2 Å². The minimum Gasteiger partial charge on any atom is -0.491 e. The average molecular weight is 439 g/mol. The molecule has 1 N–H and O–H groups in total. The van der Waals surface area contributed by atoms with Crippen molar-refractivity contribution in [2.45, 2.75) is 32.7 Å². The second-order valence-electron chi connectivity index (χ2n) is 7.04. The fraction of sp³-hybridized carbons (Fsp3) is 0.381. The summed E-state index contributed by atoms with van der Waals surface area (Å²) in [5.41, 5.74) is 1.47. The molecule has 8 heteroatoms. The summed E-state index contributed by atoms with van der Waals surface area (Å²) in [7, 11) is -3.67. The molecule has 0 unspecified atom stereocenters. The van der Waals surface area contributed by atoms with Crippen molar-refractivity contribution in [1.82, 2.24) is 5.32 Å². The number of halogens is 1. The Morgan fingerprint density at radius 3 is 2.31 bits per heavy atom. The second kappa shape index (κ2) is 9.98. The number of rotatable bonds is 9. The van der Waals surface area contributed by atoms with Gasteiger partial charge in [0, 0.05) is 5.02 Å². The molecule has 0 aromatic heterocycles. The molecule has 2 aromatic carbocycles. The van der Waals surface area contributed by atoms with Crippen LogP contribution >= 0.6 is 11.6 Å². The van der Waals surface area contributed by atoms with Crippen molar-refractivity contribution in [2.24, 2.45) is 0 Å². The molecule has 6 nitrogen and oxygen atoms in total. The SMILES string of the molecule is CC(C)c1ccccc1OCCNC(=O)[C@H](C)N(c1ccc(Cl)cc1)S(C)(=O)=O. The maximum absolute atomic E-state index is 12.6. The average Bonchev–Trinajstić information content (AvgIpc) is 2.65. The number of nitrogens with zero attached hydrogens (tertiary/aromatic N) is 1. The van der Waals surface area contributed by atoms with E-state index in [0.29, 0.717) is 16.6 Å². The molecule has 29 heavy (non-hydrogen) atoms. The molecule has 0 bridgehead atoms. The number of hydrogen-bond donors (Lipinski definition) is 1. The maximum Gasteiger partial charge on any atom is 0.243 e. The molecule has 0 heterocycles. The van der Waals surface area contributed by atoms with Crippen molar-refractivity contribution in [2.75, 3.05) is 23.7 Å². The van der Waals surface area contributed by atoms with Crippen LogP contribution in [0.25, 0.3) is 0 Å². The Kier molecular flexibility index (Phi) is 7.93. The molecule has 0 aliphatic rings. The van der Waals surface area contributed by atoms with Crippen LogP contribution in [-0.4, -0.2) is 39.8 Å². The zero-order valence-corrected chi connectivity index (χ0v) is 18.6. The van der Waals surface area contributed by atoms with Crippen molar-refractivity contribution in [3.05, 3.63) is 59.1 Å². The minimum atomic E-state index is -3.67. The predicted octanol–water partition coefficient (Wildman–Crippen LogP) is 3.81. The van der Waals surface area contributed by atoms with Crippen molar-refractivity contribution in [3.8, 4) is 5.75 Å². The number of benzene rings is 2. The van der Waals surface area contributed by atoms with Gasteiger partial charge in [-0.3, -0.25) is 9.10 Å². The van der Waals surface area contributed by atoms with Crippen LogP contribution in [0.3, 0.4) is 0 Å². The molecule has 1 atom stereocenters. The summed E-state index contributed by atoms with van der Waals surface area (Å²) in [6.45, 7) is 6.25. The van der Waals surface area contributed by atoms with Crippen LogP contribution < -0.4 is 14.4 Å². The number of ether oxygens (including phenoxy) is 1. The van der Waals surface area contributed by atoms with Crippen LogP contribution in [0.2, 0.25) is 5.02 Å². The van der Waals surface area contributed by atoms with Crippen LogP contribution in [0.1, 0.15) is 32.3 Å². The number of anilines is 1. The quantitative estimate of drug-likeness (QED) is 0.604. The van der Waals surface area contributed by atoms with E-state index in [1.165, 1.54) is 0 Å². The fourth-order valence-corrected chi connectivity index (χ4v) is 4.27. The van der Waals surface area contributed by atoms with E-state index in [0.717, 1.165) is 21.9 Å². The number of nitrogens with one attached hydrogen (secondary N) is 1. The first-order chi connectivity index (χ1) is 13.6. The molecule has 0 saturated heterocycles. The minimum absolute atomic E-state index is 0.258. The normalized spacial score (nSPS) is 12.5. The molecule has 0 saturated carbocycles. The van der Waals surface area contributed by atoms with E-state index < -0.39 is 22.0 Å². The summed E-state index contributed by atoms with van der Waals surface area (Å²) < 4.78 is 31.4. The third-order valence-electron chi connectivity index (χ3n) is 4.37. The van der Waals surface area contributed by atoms with Gasteiger partial charge >= 0.3 is 0 Å². The summed E-state index contributed by atoms with van der Waals surface area (Å²) in [5, 5.41) is 3.22. The van der Waals surface area contributed by atoms with Crippen molar-refractivity contribution < 1.29 is 17.9 Å². The van der Waals surface area contributed by atoms with E-state index in [4.69, 9.17) is 16.3 Å². The van der Waals surface area contributed by atoms with E-state index in [-0.39, 0.29) is 13.2 Å². The topological polar surface area (TPSA) is 75.7 Å². The molecule has 0 aliphatic carbocycles. The zero-order chi connectivity index (χ0) is 21.6. The van der Waals surface area contributed by atoms with Crippen molar-refractivity contribution >= 4 is 33.2 Å². The standard InChI is InChI=1S/C21H27ClN2O4S/c1-15(2)19-7-5-6-8-20(19)28-14-13-23-21(25)16(3)24(29(4,26)27)18-11-9-17(22)10-12-18/h5-12,15-16H,13-14H2,1-4H3,(H,23,25)/t16-/m0/s1. The zero-order valence-electron chi connectivity index (χ0n) is 17.1. The van der Waals surface area contributed by atoms with Crippen molar-refractivity contribution in [1.29, 1.82) is 0 Å². The predicted molar refractivity (Wildman–Crippen MR) is 117 cm³/mol. The summed E-state index contributed by atoms with van der Waals surface area (Å²) in [6, 6.07) is 13.1. The molecule has 0 fully saturated rings. The fourth-order valence-electron chi connectivity index (χ4n) is 2.97. The van der Waals surface area contributed by atoms with Gasteiger partial charge in [0.15, 0.2) is 0 Å². The van der Waals surface area contributed by atoms with Gasteiger partial charge in [-0.05, 0) is 48.7 Å². The van der Waals surface area contributed by atoms with Gasteiger partial charge in [-0.2, -0.15) is 0 Å². The van der Waals surface area contributed by atoms with E-state index in [1.807, 2.05) is 24.3 Å². The highest BCUT2D eigenvalue weighted by Crippen LogP contribution is 2.26. The van der Waals surface area contributed by atoms with Crippen LogP contribution in [-0.2, 0) is 14.8 Å². The molecule has 1 amide bonds. The lowest BCUT2D eigenvalue weighted by Crippen LogP contribution is -2.48. The Hall–Kier alpha value is -2.25. The first-order valence-electron chi connectivity index (χ1n) is 9.35. The first-order valence-corrected chi connectivity index (χ1v) is 11.6. The lowest BCUT2D eigenvalue weighted by atomic mass is 10.0. The van der Waals surface area contributed by atoms with Gasteiger partial charge in [-0.25, -0.2) is 8.42 Å². The van der Waals surface area contributed by atoms with Gasteiger partial charge in [-0.15, -0.1) is 0 Å². The van der Waals surface area contributed by atoms with Gasteiger partial charge in [0.2, 0.25) is 15.9 Å². The molecule has 0 aliphatic heterocycles. The molecule has 158 valence electrons. The Balaban J connectivity index is 1.99. The van der Waals surface area contributed by atoms with Crippen LogP contribution in [0.4, 0.5) is 5.69 Å². The Bertz CT molecular complexity index is 930. The third kappa shape index (κ3) is 6.37. The lowest BCUT2D eigenvalue weighted by Gasteiger charge is -2.28. The monoisotopic (exact) mass is 438 g/mol. The smallest absolute Gasteiger partial charge is 0.243 e. The summed E-state index contributed by atoms with van der Waals surface area (Å²) >= 11 is 5.88. The van der Waals surface area contributed by atoms with Gasteiger partial charge in [0.1, 0.15) is 18.4 Å². The molecule has 0 spiro atoms. The van der Waals surface area contributed by atoms with Gasteiger partial charge in [0.05, 0.1) is 18.5 Å². The third-order valence-corrected chi connectivity index (χ3v) is 5.86. The van der Waals surface area contributed by atoms with Gasteiger partial charge in [0.25, 0.3) is 0 Å². The number of hydrogen-bond acceptors (Lipinski definition) is 4. The Labute approximate surface area is 177 Å². The van der Waals surface area contributed by atoms with E-state index >= 15 is 0 Å². The Morgan fingerprint density at radius 1 is 1.10 bits per heavy atom. The highest BCUT2D eigenvalue weighted by molar-refractivity contribution is 7.92. The highest BCUT2D eigenvalue weighted by Gasteiger charge is 2.28. The maximum atomic E-state index is 12.6. The first kappa shape index (κ1) is 23.0. The summed E-state index contributed by atoms with van der Waals surface area (Å²) in [4.78, 5) is 12.6. The molecular weight excluding hydrogens is 412 g/mol. The summed E-state index contributed by atoms with van der Waals surface area (Å²) in [5.74, 6) is 0.693. The second-order valence-corrected chi connectivity index (χ2v) is 9.34. The van der Waals surface area contributed by atoms with Crippen molar-refractivity contribution in [3.63, 3.8) is 0 Å². The molecular formula is C21H27ClN2O4S. The largest absolute Gasteiger partial charge is 0.491 e. The van der Waals surface area contributed by atoms with E-state index in [1.54, 1.807) is 31.2 Å². The van der Waals surface area contributed by atoms with Crippen LogP contribution in [0.5, 0.6) is 5.75 Å². The van der Waals surface area contributed by atoms with E-state index in [2.05, 4.69) is 19.2 Å².